The molecule has 6 aromatic rings. The fourth-order valence-electron chi connectivity index (χ4n) is 7.80. The summed E-state index contributed by atoms with van der Waals surface area (Å²) in [6.45, 7) is 12.6. The normalized spacial score (nSPS) is 15.6. The summed E-state index contributed by atoms with van der Waals surface area (Å²) in [7, 11) is 0. The third-order valence-electron chi connectivity index (χ3n) is 10.4. The second-order valence-corrected chi connectivity index (χ2v) is 14.1. The van der Waals surface area contributed by atoms with Gasteiger partial charge in [-0.15, -0.1) is 0 Å². The molecule has 2 fully saturated rings. The first-order valence-corrected chi connectivity index (χ1v) is 17.9. The number of nitrogens with one attached hydrogen (secondary N) is 1. The standard InChI is InChI=1S/C42H43N7O/c1-27-19-32-21-31(26-49-15-5-4-6-16-49)24-44-39(32)41(45-27)46-37-14-10-12-35(29(37)3)34-11-9-13-36(28(34)2)42-47-38-22-30(25-48-17-7-8-18-48)20-33(23-43)40(38)50-42/h9-14,19-22,24H,4-8,15-18,25-26H2,1-3H3,(H,45,46). The Morgan fingerprint density at radius 1 is 0.760 bits per heavy atom. The minimum atomic E-state index is 0.530. The molecule has 0 saturated carbocycles. The van der Waals surface area contributed by atoms with Gasteiger partial charge in [-0.05, 0) is 142 Å². The smallest absolute Gasteiger partial charge is 0.227 e. The van der Waals surface area contributed by atoms with Gasteiger partial charge in [0.15, 0.2) is 11.4 Å². The molecule has 50 heavy (non-hydrogen) atoms. The molecule has 2 aliphatic heterocycles. The van der Waals surface area contributed by atoms with E-state index < -0.39 is 0 Å². The van der Waals surface area contributed by atoms with Crippen molar-refractivity contribution < 1.29 is 4.42 Å². The van der Waals surface area contributed by atoms with Gasteiger partial charge in [0.25, 0.3) is 0 Å². The molecule has 2 aliphatic rings. The number of fused-ring (bicyclic) bond motifs is 2. The average molecular weight is 662 g/mol. The first-order valence-electron chi connectivity index (χ1n) is 17.9. The quantitative estimate of drug-likeness (QED) is 0.173. The van der Waals surface area contributed by atoms with Gasteiger partial charge in [-0.2, -0.15) is 5.26 Å². The fourth-order valence-corrected chi connectivity index (χ4v) is 7.80. The lowest BCUT2D eigenvalue weighted by Gasteiger charge is -2.26. The van der Waals surface area contributed by atoms with E-state index in [2.05, 4.69) is 83.6 Å². The molecule has 0 radical (unpaired) electrons. The van der Waals surface area contributed by atoms with Crippen molar-refractivity contribution in [2.24, 2.45) is 0 Å². The van der Waals surface area contributed by atoms with Crippen molar-refractivity contribution in [2.45, 2.75) is 66.0 Å². The highest BCUT2D eigenvalue weighted by Crippen LogP contribution is 2.38. The number of hydrogen-bond donors (Lipinski definition) is 1. The summed E-state index contributed by atoms with van der Waals surface area (Å²) >= 11 is 0. The molecule has 0 amide bonds. The van der Waals surface area contributed by atoms with Crippen LogP contribution in [0.15, 0.2) is 71.3 Å². The zero-order valence-electron chi connectivity index (χ0n) is 29.2. The van der Waals surface area contributed by atoms with Crippen LogP contribution in [0.25, 0.3) is 44.6 Å². The van der Waals surface area contributed by atoms with Crippen molar-refractivity contribution in [3.63, 3.8) is 0 Å². The maximum atomic E-state index is 9.99. The van der Waals surface area contributed by atoms with Crippen LogP contribution in [-0.4, -0.2) is 50.9 Å². The van der Waals surface area contributed by atoms with E-state index in [-0.39, 0.29) is 0 Å². The Kier molecular flexibility index (Phi) is 8.78. The monoisotopic (exact) mass is 661 g/mol. The van der Waals surface area contributed by atoms with Gasteiger partial charge in [-0.1, -0.05) is 30.7 Å². The zero-order chi connectivity index (χ0) is 34.2. The second-order valence-electron chi connectivity index (χ2n) is 14.1. The average Bonchev–Trinajstić information content (AvgIpc) is 3.80. The molecular weight excluding hydrogens is 619 g/mol. The van der Waals surface area contributed by atoms with Crippen LogP contribution in [0.3, 0.4) is 0 Å². The van der Waals surface area contributed by atoms with Gasteiger partial charge in [-0.3, -0.25) is 14.8 Å². The molecule has 0 spiro atoms. The third-order valence-corrected chi connectivity index (χ3v) is 10.4. The molecule has 8 heteroatoms. The lowest BCUT2D eigenvalue weighted by Crippen LogP contribution is -2.29. The van der Waals surface area contributed by atoms with Crippen LogP contribution >= 0.6 is 0 Å². The van der Waals surface area contributed by atoms with E-state index in [1.165, 1.54) is 37.7 Å². The summed E-state index contributed by atoms with van der Waals surface area (Å²) in [6, 6.07) is 23.4. The Bertz CT molecular complexity index is 2250. The summed E-state index contributed by atoms with van der Waals surface area (Å²) in [6.07, 6.45) is 8.36. The molecule has 3 aromatic heterocycles. The number of hydrogen-bond acceptors (Lipinski definition) is 8. The number of anilines is 2. The lowest BCUT2D eigenvalue weighted by molar-refractivity contribution is 0.221. The number of nitrogens with zero attached hydrogens (tertiary/aromatic N) is 6. The van der Waals surface area contributed by atoms with Crippen LogP contribution in [0, 0.1) is 32.1 Å². The highest BCUT2D eigenvalue weighted by atomic mass is 16.3. The van der Waals surface area contributed by atoms with E-state index in [1.807, 2.05) is 25.3 Å². The van der Waals surface area contributed by atoms with E-state index >= 15 is 0 Å². The van der Waals surface area contributed by atoms with Gasteiger partial charge in [0.05, 0.1) is 5.56 Å². The number of rotatable bonds is 8. The number of oxazole rings is 1. The predicted octanol–water partition coefficient (Wildman–Crippen LogP) is 9.23. The molecule has 3 aromatic carbocycles. The predicted molar refractivity (Wildman–Crippen MR) is 200 cm³/mol. The third kappa shape index (κ3) is 6.35. The number of aryl methyl sites for hydroxylation is 1. The molecule has 5 heterocycles. The molecule has 252 valence electrons. The van der Waals surface area contributed by atoms with Gasteiger partial charge in [0.2, 0.25) is 5.89 Å². The van der Waals surface area contributed by atoms with E-state index in [0.717, 1.165) is 106 Å². The van der Waals surface area contributed by atoms with Crippen molar-refractivity contribution >= 4 is 33.5 Å². The van der Waals surface area contributed by atoms with Crippen LogP contribution in [0.1, 0.15) is 65.6 Å². The Hall–Kier alpha value is -5.10. The van der Waals surface area contributed by atoms with E-state index in [4.69, 9.17) is 19.4 Å². The van der Waals surface area contributed by atoms with Crippen molar-refractivity contribution in [2.75, 3.05) is 31.5 Å². The Balaban J connectivity index is 1.10. The molecule has 8 nitrogen and oxygen atoms in total. The van der Waals surface area contributed by atoms with Crippen molar-refractivity contribution in [3.05, 3.63) is 100 Å². The van der Waals surface area contributed by atoms with Crippen LogP contribution in [0.4, 0.5) is 11.5 Å². The fraction of sp³-hybridized carbons (Fsp3) is 0.333. The molecule has 1 N–H and O–H groups in total. The number of likely N-dealkylation sites (tertiary alicyclic amines) is 2. The molecule has 0 atom stereocenters. The van der Waals surface area contributed by atoms with Crippen LogP contribution < -0.4 is 5.32 Å². The number of benzene rings is 3. The van der Waals surface area contributed by atoms with Crippen LogP contribution in [0.5, 0.6) is 0 Å². The largest absolute Gasteiger partial charge is 0.435 e. The highest BCUT2D eigenvalue weighted by molar-refractivity contribution is 5.92. The maximum absolute atomic E-state index is 9.99. The lowest BCUT2D eigenvalue weighted by atomic mass is 9.93. The molecule has 0 aliphatic carbocycles. The number of piperidine rings is 1. The maximum Gasteiger partial charge on any atom is 0.227 e. The van der Waals surface area contributed by atoms with Gasteiger partial charge < -0.3 is 9.73 Å². The SMILES string of the molecule is Cc1cc2cc(CN3CCCCC3)cnc2c(Nc2cccc(-c3cccc(-c4nc5cc(CN6CCCC6)cc(C#N)c5o4)c3C)c2C)n1. The van der Waals surface area contributed by atoms with E-state index in [9.17, 15) is 5.26 Å². The molecule has 8 rings (SSSR count). The van der Waals surface area contributed by atoms with Gasteiger partial charge in [-0.25, -0.2) is 9.97 Å². The Morgan fingerprint density at radius 2 is 1.44 bits per heavy atom. The van der Waals surface area contributed by atoms with E-state index in [1.54, 1.807) is 0 Å². The van der Waals surface area contributed by atoms with Crippen molar-refractivity contribution in [3.8, 4) is 28.7 Å². The summed E-state index contributed by atoms with van der Waals surface area (Å²) in [4.78, 5) is 19.7. The van der Waals surface area contributed by atoms with Gasteiger partial charge in [0, 0.05) is 41.6 Å². The van der Waals surface area contributed by atoms with E-state index in [0.29, 0.717) is 17.0 Å². The van der Waals surface area contributed by atoms with Crippen LogP contribution in [-0.2, 0) is 13.1 Å². The summed E-state index contributed by atoms with van der Waals surface area (Å²) in [5.74, 6) is 1.29. The number of aromatic nitrogens is 3. The molecule has 2 saturated heterocycles. The van der Waals surface area contributed by atoms with Gasteiger partial charge >= 0.3 is 0 Å². The first-order chi connectivity index (χ1) is 24.4. The summed E-state index contributed by atoms with van der Waals surface area (Å²) in [5, 5.41) is 14.7. The zero-order valence-corrected chi connectivity index (χ0v) is 29.2. The first kappa shape index (κ1) is 32.1. The van der Waals surface area contributed by atoms with Crippen molar-refractivity contribution in [1.82, 2.24) is 24.8 Å². The topological polar surface area (TPSA) is 94.1 Å². The Morgan fingerprint density at radius 3 is 2.20 bits per heavy atom. The molecular formula is C42H43N7O. The molecule has 0 unspecified atom stereocenters. The van der Waals surface area contributed by atoms with Crippen LogP contribution in [0.2, 0.25) is 0 Å². The van der Waals surface area contributed by atoms with Gasteiger partial charge in [0.1, 0.15) is 17.1 Å². The number of pyridine rings is 2. The molecule has 0 bridgehead atoms. The van der Waals surface area contributed by atoms with Crippen molar-refractivity contribution in [1.29, 1.82) is 5.26 Å². The second kappa shape index (κ2) is 13.7. The highest BCUT2D eigenvalue weighted by Gasteiger charge is 2.20. The Labute approximate surface area is 293 Å². The minimum Gasteiger partial charge on any atom is -0.435 e. The minimum absolute atomic E-state index is 0.530. The number of nitriles is 1. The summed E-state index contributed by atoms with van der Waals surface area (Å²) in [5.41, 5.74) is 12.3. The summed E-state index contributed by atoms with van der Waals surface area (Å²) < 4.78 is 6.33.